The lowest BCUT2D eigenvalue weighted by atomic mass is 9.93. The number of hydrogen-bond acceptors (Lipinski definition) is 5. The Kier molecular flexibility index (Phi) is 3.24. The molecule has 3 rings (SSSR count). The van der Waals surface area contributed by atoms with Gasteiger partial charge in [0.05, 0.1) is 17.6 Å². The Hall–Kier alpha value is -1.89. The van der Waals surface area contributed by atoms with Crippen LogP contribution in [-0.2, 0) is 12.0 Å². The van der Waals surface area contributed by atoms with E-state index >= 15 is 0 Å². The number of aryl methyl sites for hydroxylation is 2. The fourth-order valence-electron chi connectivity index (χ4n) is 2.13. The zero-order chi connectivity index (χ0) is 15.2. The van der Waals surface area contributed by atoms with Gasteiger partial charge in [-0.3, -0.25) is 5.10 Å². The molecular formula is C14H20N6S. The third-order valence-corrected chi connectivity index (χ3v) is 4.39. The van der Waals surface area contributed by atoms with Crippen molar-refractivity contribution in [3.8, 4) is 0 Å². The van der Waals surface area contributed by atoms with Crippen LogP contribution in [0.2, 0.25) is 0 Å². The van der Waals surface area contributed by atoms with Crippen LogP contribution in [-0.4, -0.2) is 24.8 Å². The molecule has 112 valence electrons. The van der Waals surface area contributed by atoms with E-state index in [2.05, 4.69) is 46.4 Å². The van der Waals surface area contributed by atoms with Crippen LogP contribution < -0.4 is 5.32 Å². The van der Waals surface area contributed by atoms with Crippen LogP contribution in [0.3, 0.4) is 0 Å². The van der Waals surface area contributed by atoms with Gasteiger partial charge >= 0.3 is 0 Å². The Morgan fingerprint density at radius 3 is 2.67 bits per heavy atom. The molecule has 0 saturated heterocycles. The van der Waals surface area contributed by atoms with Crippen LogP contribution in [0.4, 0.5) is 5.13 Å². The highest BCUT2D eigenvalue weighted by molar-refractivity contribution is 7.20. The Morgan fingerprint density at radius 1 is 1.33 bits per heavy atom. The second kappa shape index (κ2) is 4.84. The van der Waals surface area contributed by atoms with Crippen molar-refractivity contribution in [2.24, 2.45) is 0 Å². The molecule has 0 bridgehead atoms. The number of H-pyrrole nitrogens is 1. The molecule has 0 aliphatic rings. The van der Waals surface area contributed by atoms with E-state index in [1.807, 2.05) is 24.6 Å². The highest BCUT2D eigenvalue weighted by Crippen LogP contribution is 2.26. The zero-order valence-corrected chi connectivity index (χ0v) is 13.8. The van der Waals surface area contributed by atoms with Crippen molar-refractivity contribution in [2.45, 2.75) is 46.6 Å². The molecule has 0 fully saturated rings. The topological polar surface area (TPSA) is 70.9 Å². The summed E-state index contributed by atoms with van der Waals surface area (Å²) in [6, 6.07) is 0. The molecule has 0 aromatic carbocycles. The zero-order valence-electron chi connectivity index (χ0n) is 13.0. The average molecular weight is 304 g/mol. The van der Waals surface area contributed by atoms with Crippen LogP contribution in [0.25, 0.3) is 4.96 Å². The van der Waals surface area contributed by atoms with Crippen molar-refractivity contribution >= 4 is 21.4 Å². The van der Waals surface area contributed by atoms with Gasteiger partial charge in [0.15, 0.2) is 0 Å². The van der Waals surface area contributed by atoms with E-state index in [0.717, 1.165) is 33.7 Å². The van der Waals surface area contributed by atoms with Crippen molar-refractivity contribution in [1.82, 2.24) is 24.8 Å². The number of anilines is 1. The van der Waals surface area contributed by atoms with E-state index in [1.165, 1.54) is 5.56 Å². The highest BCUT2D eigenvalue weighted by Gasteiger charge is 2.19. The van der Waals surface area contributed by atoms with E-state index in [9.17, 15) is 0 Å². The van der Waals surface area contributed by atoms with Crippen LogP contribution >= 0.6 is 11.3 Å². The van der Waals surface area contributed by atoms with Gasteiger partial charge in [0.25, 0.3) is 0 Å². The van der Waals surface area contributed by atoms with Gasteiger partial charge < -0.3 is 5.32 Å². The predicted molar refractivity (Wildman–Crippen MR) is 85.0 cm³/mol. The Bertz CT molecular complexity index is 722. The first kappa shape index (κ1) is 14.1. The van der Waals surface area contributed by atoms with Crippen LogP contribution in [0.5, 0.6) is 0 Å². The van der Waals surface area contributed by atoms with Crippen LogP contribution in [0.15, 0.2) is 6.20 Å². The minimum Gasteiger partial charge on any atom is -0.356 e. The Labute approximate surface area is 127 Å². The maximum atomic E-state index is 4.65. The summed E-state index contributed by atoms with van der Waals surface area (Å²) in [5.74, 6) is 0. The first-order valence-corrected chi connectivity index (χ1v) is 7.77. The van der Waals surface area contributed by atoms with Crippen molar-refractivity contribution in [3.63, 3.8) is 0 Å². The molecule has 0 unspecified atom stereocenters. The summed E-state index contributed by atoms with van der Waals surface area (Å²) < 4.78 is 1.85. The monoisotopic (exact) mass is 304 g/mol. The van der Waals surface area contributed by atoms with Crippen LogP contribution in [0.1, 0.15) is 43.4 Å². The largest absolute Gasteiger partial charge is 0.356 e. The number of fused-ring (bicyclic) bond motifs is 1. The lowest BCUT2D eigenvalue weighted by Crippen LogP contribution is -2.11. The second-order valence-corrected chi connectivity index (χ2v) is 7.23. The number of imidazole rings is 1. The maximum Gasteiger partial charge on any atom is 0.214 e. The lowest BCUT2D eigenvalue weighted by Gasteiger charge is -2.13. The molecule has 2 N–H and O–H groups in total. The predicted octanol–water partition coefficient (Wildman–Crippen LogP) is 3.04. The summed E-state index contributed by atoms with van der Waals surface area (Å²) in [5.41, 5.74) is 4.42. The minimum atomic E-state index is 0.0476. The van der Waals surface area contributed by atoms with E-state index in [0.29, 0.717) is 0 Å². The van der Waals surface area contributed by atoms with E-state index in [1.54, 1.807) is 11.3 Å². The molecule has 0 aliphatic carbocycles. The molecule has 0 saturated carbocycles. The Balaban J connectivity index is 1.78. The van der Waals surface area contributed by atoms with Crippen molar-refractivity contribution < 1.29 is 0 Å². The molecule has 3 aromatic rings. The third kappa shape index (κ3) is 2.65. The van der Waals surface area contributed by atoms with Gasteiger partial charge in [-0.05, 0) is 13.8 Å². The molecule has 3 aromatic heterocycles. The molecule has 3 heterocycles. The molecule has 6 nitrogen and oxygen atoms in total. The summed E-state index contributed by atoms with van der Waals surface area (Å²) in [6.07, 6.45) is 2.01. The molecule has 0 radical (unpaired) electrons. The highest BCUT2D eigenvalue weighted by atomic mass is 32.1. The van der Waals surface area contributed by atoms with Crippen molar-refractivity contribution in [1.29, 1.82) is 0 Å². The molecule has 21 heavy (non-hydrogen) atoms. The summed E-state index contributed by atoms with van der Waals surface area (Å²) >= 11 is 1.57. The van der Waals surface area contributed by atoms with Gasteiger partial charge in [-0.2, -0.15) is 5.10 Å². The quantitative estimate of drug-likeness (QED) is 0.780. The van der Waals surface area contributed by atoms with Gasteiger partial charge in [-0.1, -0.05) is 32.1 Å². The number of aromatic amines is 1. The third-order valence-electron chi connectivity index (χ3n) is 3.51. The minimum absolute atomic E-state index is 0.0476. The van der Waals surface area contributed by atoms with Gasteiger partial charge in [0, 0.05) is 23.2 Å². The van der Waals surface area contributed by atoms with Crippen molar-refractivity contribution in [3.05, 3.63) is 28.8 Å². The molecule has 0 amide bonds. The molecule has 0 spiro atoms. The van der Waals surface area contributed by atoms with Gasteiger partial charge in [0.1, 0.15) is 0 Å². The first-order chi connectivity index (χ1) is 9.84. The van der Waals surface area contributed by atoms with E-state index < -0.39 is 0 Å². The van der Waals surface area contributed by atoms with Gasteiger partial charge in [-0.25, -0.2) is 9.50 Å². The fraction of sp³-hybridized carbons (Fsp3) is 0.500. The fourth-order valence-corrected chi connectivity index (χ4v) is 2.91. The Morgan fingerprint density at radius 2 is 2.10 bits per heavy atom. The normalized spacial score (nSPS) is 12.2. The average Bonchev–Trinajstić information content (AvgIpc) is 3.00. The molecule has 0 atom stereocenters. The number of nitrogens with zero attached hydrogens (tertiary/aromatic N) is 4. The SMILES string of the molecule is Cc1n[nH]c(C)c1CNc1nn2cc(C(C)(C)C)nc2s1. The summed E-state index contributed by atoms with van der Waals surface area (Å²) in [6.45, 7) is 11.2. The van der Waals surface area contributed by atoms with Crippen LogP contribution in [0, 0.1) is 13.8 Å². The summed E-state index contributed by atoms with van der Waals surface area (Å²) in [5, 5.41) is 16.0. The van der Waals surface area contributed by atoms with E-state index in [4.69, 9.17) is 0 Å². The van der Waals surface area contributed by atoms with Crippen molar-refractivity contribution in [2.75, 3.05) is 5.32 Å². The number of hydrogen-bond donors (Lipinski definition) is 2. The molecule has 0 aliphatic heterocycles. The second-order valence-electron chi connectivity index (χ2n) is 6.28. The van der Waals surface area contributed by atoms with Gasteiger partial charge in [0.2, 0.25) is 10.1 Å². The standard InChI is InChI=1S/C14H20N6S/c1-8-10(9(2)18-17-8)6-15-12-19-20-7-11(14(3,4)5)16-13(20)21-12/h7H,6H2,1-5H3,(H,15,19)(H,17,18). The maximum absolute atomic E-state index is 4.65. The summed E-state index contributed by atoms with van der Waals surface area (Å²) in [4.78, 5) is 5.56. The summed E-state index contributed by atoms with van der Waals surface area (Å²) in [7, 11) is 0. The smallest absolute Gasteiger partial charge is 0.214 e. The molecule has 7 heteroatoms. The lowest BCUT2D eigenvalue weighted by molar-refractivity contribution is 0.572. The number of nitrogens with one attached hydrogen (secondary N) is 2. The van der Waals surface area contributed by atoms with E-state index in [-0.39, 0.29) is 5.41 Å². The van der Waals surface area contributed by atoms with Gasteiger partial charge in [-0.15, -0.1) is 5.10 Å². The first-order valence-electron chi connectivity index (χ1n) is 6.95. The molecular weight excluding hydrogens is 284 g/mol. The number of aromatic nitrogens is 5. The number of rotatable bonds is 3.